The Bertz CT molecular complexity index is 1240. The number of esters is 4. The third kappa shape index (κ3) is 7.17. The molecule has 3 rings (SSSR count). The smallest absolute Gasteiger partial charge is 0.303 e. The van der Waals surface area contributed by atoms with Gasteiger partial charge in [0.25, 0.3) is 0 Å². The molecule has 0 bridgehead atoms. The second kappa shape index (κ2) is 12.5. The molecule has 0 saturated carbocycles. The van der Waals surface area contributed by atoms with E-state index in [-0.39, 0.29) is 35.5 Å². The van der Waals surface area contributed by atoms with Crippen molar-refractivity contribution in [3.05, 3.63) is 53.1 Å². The molecule has 208 valence electrons. The number of allylic oxidation sites excluding steroid dienone is 3. The number of ketones is 2. The zero-order valence-electron chi connectivity index (χ0n) is 21.7. The number of phenols is 1. The predicted molar refractivity (Wildman–Crippen MR) is 131 cm³/mol. The lowest BCUT2D eigenvalue weighted by atomic mass is 9.87. The van der Waals surface area contributed by atoms with Crippen LogP contribution in [-0.4, -0.2) is 77.7 Å². The molecule has 1 saturated heterocycles. The van der Waals surface area contributed by atoms with E-state index in [9.17, 15) is 33.9 Å². The van der Waals surface area contributed by atoms with Crippen molar-refractivity contribution in [3.63, 3.8) is 0 Å². The number of carbonyl (C=O) groups is 6. The molecule has 1 fully saturated rings. The van der Waals surface area contributed by atoms with Gasteiger partial charge >= 0.3 is 23.9 Å². The fraction of sp³-hybridized carbons (Fsp3) is 0.407. The first-order chi connectivity index (χ1) is 18.4. The van der Waals surface area contributed by atoms with Gasteiger partial charge < -0.3 is 28.8 Å². The highest BCUT2D eigenvalue weighted by Crippen LogP contribution is 2.32. The molecule has 1 aliphatic heterocycles. The summed E-state index contributed by atoms with van der Waals surface area (Å²) in [4.78, 5) is 72.5. The second-order valence-electron chi connectivity index (χ2n) is 8.86. The van der Waals surface area contributed by atoms with Crippen LogP contribution in [0.3, 0.4) is 0 Å². The second-order valence-corrected chi connectivity index (χ2v) is 8.86. The Labute approximate surface area is 223 Å². The molecule has 0 aromatic heterocycles. The standard InChI is InChI=1S/C27H28O12/c1-13(28)35-12-22-26(37-15(3)30)27(38-16(4)31)25(36-14(2)29)21(39-22)10-5-7-17-11-20(33)18-8-6-9-19(32)23(18)24(17)34/h5-6,8-11,21-22,25-27,32H,7,12H2,1-4H3/b10-5+/t21?,22-,25+,26-,27-/m1/s1. The number of rotatable bonds is 8. The zero-order valence-corrected chi connectivity index (χ0v) is 21.7. The van der Waals surface area contributed by atoms with Crippen molar-refractivity contribution >= 4 is 35.4 Å². The highest BCUT2D eigenvalue weighted by molar-refractivity contribution is 6.25. The number of hydrogen-bond acceptors (Lipinski definition) is 12. The van der Waals surface area contributed by atoms with E-state index in [1.165, 1.54) is 43.4 Å². The maximum absolute atomic E-state index is 12.9. The average molecular weight is 545 g/mol. The van der Waals surface area contributed by atoms with Crippen LogP contribution in [0.4, 0.5) is 0 Å². The van der Waals surface area contributed by atoms with Crippen LogP contribution in [0.5, 0.6) is 5.75 Å². The Hall–Kier alpha value is -4.32. The first kappa shape index (κ1) is 29.2. The van der Waals surface area contributed by atoms with Gasteiger partial charge in [-0.3, -0.25) is 28.8 Å². The third-order valence-corrected chi connectivity index (χ3v) is 5.82. The monoisotopic (exact) mass is 544 g/mol. The number of hydrogen-bond donors (Lipinski definition) is 1. The number of Topliss-reactive ketones (excluding diaryl/α,β-unsaturated/α-hetero) is 1. The fourth-order valence-corrected chi connectivity index (χ4v) is 4.34. The molecule has 2 aliphatic rings. The van der Waals surface area contributed by atoms with Crippen LogP contribution in [0.1, 0.15) is 54.8 Å². The minimum Gasteiger partial charge on any atom is -0.507 e. The van der Waals surface area contributed by atoms with Crippen molar-refractivity contribution in [2.24, 2.45) is 0 Å². The lowest BCUT2D eigenvalue weighted by molar-refractivity contribution is -0.244. The molecule has 1 N–H and O–H groups in total. The van der Waals surface area contributed by atoms with Crippen molar-refractivity contribution in [3.8, 4) is 5.75 Å². The van der Waals surface area contributed by atoms with Crippen LogP contribution >= 0.6 is 0 Å². The summed E-state index contributed by atoms with van der Waals surface area (Å²) < 4.78 is 27.1. The zero-order chi connectivity index (χ0) is 28.9. The van der Waals surface area contributed by atoms with Crippen molar-refractivity contribution in [1.82, 2.24) is 0 Å². The minimum absolute atomic E-state index is 0.0643. The molecule has 0 amide bonds. The number of ether oxygens (including phenoxy) is 5. The summed E-state index contributed by atoms with van der Waals surface area (Å²) in [6.07, 6.45) is -2.14. The predicted octanol–water partition coefficient (Wildman–Crippen LogP) is 1.77. The Kier molecular flexibility index (Phi) is 9.36. The summed E-state index contributed by atoms with van der Waals surface area (Å²) in [7, 11) is 0. The molecule has 0 radical (unpaired) electrons. The molecule has 1 unspecified atom stereocenters. The molecule has 1 heterocycles. The molecular formula is C27H28O12. The highest BCUT2D eigenvalue weighted by atomic mass is 16.7. The topological polar surface area (TPSA) is 169 Å². The Morgan fingerprint density at radius 2 is 1.51 bits per heavy atom. The molecule has 0 spiro atoms. The lowest BCUT2D eigenvalue weighted by Gasteiger charge is -2.43. The van der Waals surface area contributed by atoms with Crippen LogP contribution in [0.2, 0.25) is 0 Å². The number of fused-ring (bicyclic) bond motifs is 1. The van der Waals surface area contributed by atoms with Crippen LogP contribution in [0.15, 0.2) is 42.0 Å². The summed E-state index contributed by atoms with van der Waals surface area (Å²) >= 11 is 0. The van der Waals surface area contributed by atoms with Crippen molar-refractivity contribution < 1.29 is 57.6 Å². The van der Waals surface area contributed by atoms with Crippen LogP contribution in [-0.2, 0) is 42.9 Å². The van der Waals surface area contributed by atoms with Gasteiger partial charge in [-0.1, -0.05) is 24.3 Å². The number of carbonyl (C=O) groups excluding carboxylic acids is 6. The number of benzene rings is 1. The van der Waals surface area contributed by atoms with E-state index in [0.29, 0.717) is 0 Å². The summed E-state index contributed by atoms with van der Waals surface area (Å²) in [5, 5.41) is 10.1. The number of phenolic OH excluding ortho intramolecular Hbond substituents is 1. The maximum atomic E-state index is 12.9. The van der Waals surface area contributed by atoms with Crippen molar-refractivity contribution in [2.45, 2.75) is 64.6 Å². The van der Waals surface area contributed by atoms with E-state index in [2.05, 4.69) is 0 Å². The van der Waals surface area contributed by atoms with Crippen molar-refractivity contribution in [1.29, 1.82) is 0 Å². The van der Waals surface area contributed by atoms with E-state index in [1.54, 1.807) is 0 Å². The quantitative estimate of drug-likeness (QED) is 0.286. The van der Waals surface area contributed by atoms with E-state index in [1.807, 2.05) is 0 Å². The van der Waals surface area contributed by atoms with Crippen molar-refractivity contribution in [2.75, 3.05) is 6.61 Å². The van der Waals surface area contributed by atoms with E-state index in [4.69, 9.17) is 23.7 Å². The number of aromatic hydroxyl groups is 1. The Balaban J connectivity index is 1.92. The van der Waals surface area contributed by atoms with Gasteiger partial charge in [-0.05, 0) is 18.6 Å². The maximum Gasteiger partial charge on any atom is 0.303 e. The van der Waals surface area contributed by atoms with E-state index >= 15 is 0 Å². The normalized spacial score (nSPS) is 24.4. The van der Waals surface area contributed by atoms with Crippen LogP contribution < -0.4 is 0 Å². The minimum atomic E-state index is -1.33. The molecule has 1 aromatic rings. The van der Waals surface area contributed by atoms with Gasteiger partial charge in [0.05, 0.1) is 5.56 Å². The van der Waals surface area contributed by atoms with Crippen LogP contribution in [0, 0.1) is 0 Å². The van der Waals surface area contributed by atoms with Gasteiger partial charge in [-0.25, -0.2) is 0 Å². The molecule has 1 aliphatic carbocycles. The largest absolute Gasteiger partial charge is 0.507 e. The molecule has 1 aromatic carbocycles. The summed E-state index contributed by atoms with van der Waals surface area (Å²) in [6, 6.07) is 4.21. The SMILES string of the molecule is CC(=O)OC[C@H]1OC(/C=C/CC2=CC(=O)c3cccc(O)c3C2=O)[C@H](OC(C)=O)[C@@H](OC(C)=O)[C@@H]1OC(C)=O. The van der Waals surface area contributed by atoms with Gasteiger partial charge in [0.1, 0.15) is 24.6 Å². The van der Waals surface area contributed by atoms with Crippen LogP contribution in [0.25, 0.3) is 0 Å². The molecule has 5 atom stereocenters. The Morgan fingerprint density at radius 1 is 0.897 bits per heavy atom. The van der Waals surface area contributed by atoms with Gasteiger partial charge in [-0.15, -0.1) is 0 Å². The summed E-state index contributed by atoms with van der Waals surface area (Å²) in [6.45, 7) is 4.14. The van der Waals surface area contributed by atoms with Gasteiger partial charge in [0.15, 0.2) is 29.9 Å². The first-order valence-electron chi connectivity index (χ1n) is 12.0. The molecular weight excluding hydrogens is 516 g/mol. The molecule has 12 heteroatoms. The van der Waals surface area contributed by atoms with Gasteiger partial charge in [0.2, 0.25) is 0 Å². The first-order valence-corrected chi connectivity index (χ1v) is 12.0. The molecule has 12 nitrogen and oxygen atoms in total. The molecule has 39 heavy (non-hydrogen) atoms. The average Bonchev–Trinajstić information content (AvgIpc) is 2.83. The van der Waals surface area contributed by atoms with Gasteiger partial charge in [-0.2, -0.15) is 0 Å². The lowest BCUT2D eigenvalue weighted by Crippen LogP contribution is -2.61. The summed E-state index contributed by atoms with van der Waals surface area (Å²) in [5.74, 6) is -4.21. The van der Waals surface area contributed by atoms with E-state index in [0.717, 1.165) is 20.8 Å². The van der Waals surface area contributed by atoms with E-state index < -0.39 is 66.0 Å². The Morgan fingerprint density at radius 3 is 2.13 bits per heavy atom. The highest BCUT2D eigenvalue weighted by Gasteiger charge is 2.51. The fourth-order valence-electron chi connectivity index (χ4n) is 4.34. The summed E-state index contributed by atoms with van der Waals surface area (Å²) in [5.41, 5.74) is 0.0869. The van der Waals surface area contributed by atoms with Gasteiger partial charge in [0, 0.05) is 38.8 Å². The third-order valence-electron chi connectivity index (χ3n) is 5.82.